The normalized spacial score (nSPS) is 11.0. The minimum atomic E-state index is -2.87. The van der Waals surface area contributed by atoms with E-state index in [2.05, 4.69) is 14.9 Å². The van der Waals surface area contributed by atoms with Crippen LogP contribution < -0.4 is 4.74 Å². The van der Waals surface area contributed by atoms with Gasteiger partial charge in [0.15, 0.2) is 0 Å². The van der Waals surface area contributed by atoms with Crippen molar-refractivity contribution in [3.63, 3.8) is 0 Å². The van der Waals surface area contributed by atoms with Crippen molar-refractivity contribution in [2.24, 2.45) is 0 Å². The Hall–Kier alpha value is -2.88. The topological polar surface area (TPSA) is 81.6 Å². The molecule has 0 N–H and O–H groups in total. The fourth-order valence-electron chi connectivity index (χ4n) is 2.36. The summed E-state index contributed by atoms with van der Waals surface area (Å²) in [7, 11) is 1.65. The fourth-order valence-corrected chi connectivity index (χ4v) is 3.06. The van der Waals surface area contributed by atoms with E-state index in [1.54, 1.807) is 32.2 Å². The second-order valence-corrected chi connectivity index (χ2v) is 6.75. The summed E-state index contributed by atoms with van der Waals surface area (Å²) in [6.07, 6.45) is 1.53. The number of amides is 1. The Labute approximate surface area is 163 Å². The van der Waals surface area contributed by atoms with E-state index in [0.717, 1.165) is 17.3 Å². The van der Waals surface area contributed by atoms with Crippen LogP contribution in [0.25, 0.3) is 11.5 Å². The first-order chi connectivity index (χ1) is 13.4. The van der Waals surface area contributed by atoms with Crippen molar-refractivity contribution in [3.8, 4) is 17.2 Å². The molecule has 3 aromatic rings. The van der Waals surface area contributed by atoms with E-state index in [1.165, 1.54) is 23.3 Å². The molecule has 2 aromatic heterocycles. The summed E-state index contributed by atoms with van der Waals surface area (Å²) < 4.78 is 39.4. The highest BCUT2D eigenvalue weighted by Gasteiger charge is 2.16. The number of alkyl halides is 2. The first-order valence-electron chi connectivity index (χ1n) is 8.21. The molecule has 7 nitrogen and oxygen atoms in total. The zero-order valence-electron chi connectivity index (χ0n) is 15.1. The summed E-state index contributed by atoms with van der Waals surface area (Å²) in [5.41, 5.74) is 1.50. The first kappa shape index (κ1) is 19.9. The minimum Gasteiger partial charge on any atom is -0.469 e. The Balaban J connectivity index is 1.51. The Morgan fingerprint density at radius 3 is 2.64 bits per heavy atom. The van der Waals surface area contributed by atoms with Crippen molar-refractivity contribution in [1.29, 1.82) is 0 Å². The Kier molecular flexibility index (Phi) is 6.30. The number of nitrogens with zero attached hydrogens (tertiary/aromatic N) is 3. The van der Waals surface area contributed by atoms with Crippen LogP contribution in [-0.4, -0.2) is 40.4 Å². The number of thioether (sulfide) groups is 1. The highest BCUT2D eigenvalue weighted by atomic mass is 32.2. The average Bonchev–Trinajstić information content (AvgIpc) is 3.29. The molecule has 2 heterocycles. The molecule has 0 spiro atoms. The summed E-state index contributed by atoms with van der Waals surface area (Å²) in [6, 6.07) is 7.87. The molecule has 0 unspecified atom stereocenters. The highest BCUT2D eigenvalue weighted by molar-refractivity contribution is 7.99. The molecule has 3 rings (SSSR count). The number of aryl methyl sites for hydroxylation is 1. The van der Waals surface area contributed by atoms with E-state index in [9.17, 15) is 13.6 Å². The molecule has 0 atom stereocenters. The van der Waals surface area contributed by atoms with Crippen molar-refractivity contribution >= 4 is 17.7 Å². The zero-order valence-corrected chi connectivity index (χ0v) is 15.9. The number of aromatic nitrogens is 2. The number of carbonyl (C=O) groups is 1. The van der Waals surface area contributed by atoms with Gasteiger partial charge in [-0.25, -0.2) is 0 Å². The molecule has 148 valence electrons. The van der Waals surface area contributed by atoms with Gasteiger partial charge in [-0.2, -0.15) is 8.78 Å². The van der Waals surface area contributed by atoms with E-state index >= 15 is 0 Å². The average molecular weight is 409 g/mol. The number of benzene rings is 1. The molecular weight excluding hydrogens is 392 g/mol. The van der Waals surface area contributed by atoms with Crippen molar-refractivity contribution in [3.05, 3.63) is 47.9 Å². The maximum atomic E-state index is 12.3. The minimum absolute atomic E-state index is 0.0725. The van der Waals surface area contributed by atoms with Crippen LogP contribution in [0, 0.1) is 6.92 Å². The van der Waals surface area contributed by atoms with Crippen LogP contribution >= 0.6 is 11.8 Å². The van der Waals surface area contributed by atoms with Gasteiger partial charge >= 0.3 is 6.61 Å². The Bertz CT molecular complexity index is 927. The van der Waals surface area contributed by atoms with Gasteiger partial charge in [-0.05, 0) is 30.7 Å². The van der Waals surface area contributed by atoms with Crippen LogP contribution in [-0.2, 0) is 11.3 Å². The molecule has 1 aromatic carbocycles. The molecule has 0 fully saturated rings. The monoisotopic (exact) mass is 409 g/mol. The number of carbonyl (C=O) groups excluding carboxylic acids is 1. The van der Waals surface area contributed by atoms with Crippen LogP contribution in [0.3, 0.4) is 0 Å². The molecule has 0 saturated carbocycles. The third-order valence-corrected chi connectivity index (χ3v) is 4.61. The number of halogens is 2. The van der Waals surface area contributed by atoms with Crippen LogP contribution in [0.15, 0.2) is 50.7 Å². The maximum absolute atomic E-state index is 12.3. The summed E-state index contributed by atoms with van der Waals surface area (Å²) in [4.78, 5) is 13.8. The molecule has 0 aliphatic heterocycles. The second kappa shape index (κ2) is 8.87. The van der Waals surface area contributed by atoms with Crippen molar-refractivity contribution in [1.82, 2.24) is 15.1 Å². The lowest BCUT2D eigenvalue weighted by Gasteiger charge is -2.17. The van der Waals surface area contributed by atoms with Crippen LogP contribution in [0.2, 0.25) is 0 Å². The molecule has 0 saturated heterocycles. The molecular formula is C18H17F2N3O4S. The molecule has 0 radical (unpaired) electrons. The van der Waals surface area contributed by atoms with E-state index in [-0.39, 0.29) is 22.6 Å². The third kappa shape index (κ3) is 5.10. The van der Waals surface area contributed by atoms with Gasteiger partial charge in [0.2, 0.25) is 5.91 Å². The smallest absolute Gasteiger partial charge is 0.387 e. The third-order valence-electron chi connectivity index (χ3n) is 3.81. The summed E-state index contributed by atoms with van der Waals surface area (Å²) in [5, 5.41) is 8.15. The molecule has 10 heteroatoms. The molecule has 0 aliphatic carbocycles. The maximum Gasteiger partial charge on any atom is 0.387 e. The molecule has 0 bridgehead atoms. The number of hydrogen-bond acceptors (Lipinski definition) is 7. The van der Waals surface area contributed by atoms with Gasteiger partial charge in [-0.3, -0.25) is 4.79 Å². The number of rotatable bonds is 8. The number of furan rings is 1. The van der Waals surface area contributed by atoms with Gasteiger partial charge < -0.3 is 18.5 Å². The van der Waals surface area contributed by atoms with E-state index in [4.69, 9.17) is 8.83 Å². The van der Waals surface area contributed by atoms with E-state index < -0.39 is 6.61 Å². The summed E-state index contributed by atoms with van der Waals surface area (Å²) in [5.74, 6) is 1.05. The van der Waals surface area contributed by atoms with Crippen LogP contribution in [0.4, 0.5) is 8.78 Å². The summed E-state index contributed by atoms with van der Waals surface area (Å²) >= 11 is 1.14. The van der Waals surface area contributed by atoms with Gasteiger partial charge in [0.1, 0.15) is 11.5 Å². The second-order valence-electron chi connectivity index (χ2n) is 5.82. The van der Waals surface area contributed by atoms with Gasteiger partial charge in [0, 0.05) is 13.6 Å². The van der Waals surface area contributed by atoms with Crippen molar-refractivity contribution in [2.45, 2.75) is 25.3 Å². The van der Waals surface area contributed by atoms with Crippen LogP contribution in [0.5, 0.6) is 5.75 Å². The first-order valence-corrected chi connectivity index (χ1v) is 9.19. The summed E-state index contributed by atoms with van der Waals surface area (Å²) in [6.45, 7) is -0.746. The SMILES string of the molecule is Cc1occc1-c1nnc(SCC(=O)N(C)Cc2ccc(OC(F)F)cc2)o1. The van der Waals surface area contributed by atoms with E-state index in [1.807, 2.05) is 0 Å². The predicted molar refractivity (Wildman–Crippen MR) is 97.0 cm³/mol. The Morgan fingerprint density at radius 1 is 1.25 bits per heavy atom. The van der Waals surface area contributed by atoms with Gasteiger partial charge in [-0.1, -0.05) is 23.9 Å². The van der Waals surface area contributed by atoms with E-state index in [0.29, 0.717) is 23.8 Å². The lowest BCUT2D eigenvalue weighted by Crippen LogP contribution is -2.27. The van der Waals surface area contributed by atoms with Crippen molar-refractivity contribution in [2.75, 3.05) is 12.8 Å². The molecule has 0 aliphatic rings. The largest absolute Gasteiger partial charge is 0.469 e. The molecule has 1 amide bonds. The van der Waals surface area contributed by atoms with Gasteiger partial charge in [-0.15, -0.1) is 10.2 Å². The van der Waals surface area contributed by atoms with Crippen LogP contribution in [0.1, 0.15) is 11.3 Å². The standard InChI is InChI=1S/C18H17F2N3O4S/c1-11-14(7-8-25-11)16-21-22-18(27-16)28-10-15(24)23(2)9-12-3-5-13(6-4-12)26-17(19)20/h3-8,17H,9-10H2,1-2H3. The predicted octanol–water partition coefficient (Wildman–Crippen LogP) is 3.99. The fraction of sp³-hybridized carbons (Fsp3) is 0.278. The highest BCUT2D eigenvalue weighted by Crippen LogP contribution is 2.26. The number of ether oxygens (including phenoxy) is 1. The van der Waals surface area contributed by atoms with Gasteiger partial charge in [0.05, 0.1) is 17.6 Å². The molecule has 28 heavy (non-hydrogen) atoms. The zero-order chi connectivity index (χ0) is 20.1. The Morgan fingerprint density at radius 2 is 2.00 bits per heavy atom. The number of hydrogen-bond donors (Lipinski definition) is 0. The van der Waals surface area contributed by atoms with Gasteiger partial charge in [0.25, 0.3) is 11.1 Å². The quantitative estimate of drug-likeness (QED) is 0.520. The van der Waals surface area contributed by atoms with Crippen molar-refractivity contribution < 1.29 is 27.1 Å². The lowest BCUT2D eigenvalue weighted by atomic mass is 10.2. The lowest BCUT2D eigenvalue weighted by molar-refractivity contribution is -0.127.